The molecule has 1 aliphatic heterocycles. The molecule has 0 atom stereocenters. The maximum absolute atomic E-state index is 12.0. The first kappa shape index (κ1) is 20.5. The molecule has 2 N–H and O–H groups in total. The van der Waals surface area contributed by atoms with Gasteiger partial charge in [0.15, 0.2) is 11.5 Å². The Morgan fingerprint density at radius 3 is 2.37 bits per heavy atom. The van der Waals surface area contributed by atoms with Crippen LogP contribution in [0.4, 0.5) is 10.5 Å². The number of ether oxygens (including phenoxy) is 2. The highest BCUT2D eigenvalue weighted by molar-refractivity contribution is 6.02. The lowest BCUT2D eigenvalue weighted by atomic mass is 10.2. The van der Waals surface area contributed by atoms with Gasteiger partial charge in [0, 0.05) is 24.8 Å². The summed E-state index contributed by atoms with van der Waals surface area (Å²) in [6, 6.07) is 4.33. The summed E-state index contributed by atoms with van der Waals surface area (Å²) in [4.78, 5) is 39.3. The van der Waals surface area contributed by atoms with Crippen LogP contribution in [-0.4, -0.2) is 74.1 Å². The molecule has 1 aromatic carbocycles. The predicted octanol–water partition coefficient (Wildman–Crippen LogP) is 0.906. The van der Waals surface area contributed by atoms with Crippen LogP contribution >= 0.6 is 0 Å². The summed E-state index contributed by atoms with van der Waals surface area (Å²) in [6.07, 6.45) is 0. The average Bonchev–Trinajstić information content (AvgIpc) is 2.62. The number of carbonyl (C=O) groups is 3. The zero-order valence-electron chi connectivity index (χ0n) is 15.9. The second-order valence-corrected chi connectivity index (χ2v) is 6.10. The number of nitrogens with one attached hydrogen (secondary N) is 2. The Morgan fingerprint density at radius 1 is 1.04 bits per heavy atom. The molecule has 27 heavy (non-hydrogen) atoms. The zero-order valence-corrected chi connectivity index (χ0v) is 15.9. The number of amides is 4. The SMILES string of the molecule is CCN(CC)C(=O)CN(C)CC(=O)NC(=O)Nc1ccc2c(c1)OCCO2. The molecule has 1 heterocycles. The molecule has 0 saturated carbocycles. The van der Waals surface area contributed by atoms with E-state index in [4.69, 9.17) is 9.47 Å². The van der Waals surface area contributed by atoms with Gasteiger partial charge in [-0.1, -0.05) is 0 Å². The third-order valence-corrected chi connectivity index (χ3v) is 3.99. The maximum Gasteiger partial charge on any atom is 0.325 e. The first-order chi connectivity index (χ1) is 12.9. The number of benzene rings is 1. The summed E-state index contributed by atoms with van der Waals surface area (Å²) in [6.45, 7) is 6.01. The van der Waals surface area contributed by atoms with Gasteiger partial charge in [-0.15, -0.1) is 0 Å². The molecular weight excluding hydrogens is 352 g/mol. The van der Waals surface area contributed by atoms with Crippen LogP contribution in [0.1, 0.15) is 13.8 Å². The Hall–Kier alpha value is -2.81. The number of urea groups is 1. The van der Waals surface area contributed by atoms with E-state index in [1.807, 2.05) is 13.8 Å². The van der Waals surface area contributed by atoms with Crippen molar-refractivity contribution in [2.24, 2.45) is 0 Å². The van der Waals surface area contributed by atoms with E-state index in [2.05, 4.69) is 10.6 Å². The Labute approximate surface area is 158 Å². The summed E-state index contributed by atoms with van der Waals surface area (Å²) in [7, 11) is 1.65. The Morgan fingerprint density at radius 2 is 1.70 bits per heavy atom. The van der Waals surface area contributed by atoms with Crippen molar-refractivity contribution < 1.29 is 23.9 Å². The molecule has 9 heteroatoms. The molecule has 0 saturated heterocycles. The molecule has 148 valence electrons. The standard InChI is InChI=1S/C18H26N4O5/c1-4-22(5-2)17(24)12-21(3)11-16(23)20-18(25)19-13-6-7-14-15(10-13)27-9-8-26-14/h6-7,10H,4-5,8-9,11-12H2,1-3H3,(H2,19,20,23,25). The van der Waals surface area contributed by atoms with Crippen molar-refractivity contribution in [2.75, 3.05) is 51.8 Å². The van der Waals surface area contributed by atoms with Gasteiger partial charge in [0.05, 0.1) is 13.1 Å². The van der Waals surface area contributed by atoms with Crippen LogP contribution in [0, 0.1) is 0 Å². The van der Waals surface area contributed by atoms with Crippen molar-refractivity contribution >= 4 is 23.5 Å². The highest BCUT2D eigenvalue weighted by atomic mass is 16.6. The van der Waals surface area contributed by atoms with Gasteiger partial charge in [0.25, 0.3) is 0 Å². The largest absolute Gasteiger partial charge is 0.486 e. The number of nitrogens with zero attached hydrogens (tertiary/aromatic N) is 2. The van der Waals surface area contributed by atoms with Crippen molar-refractivity contribution in [3.63, 3.8) is 0 Å². The molecule has 0 spiro atoms. The summed E-state index contributed by atoms with van der Waals surface area (Å²) in [5, 5.41) is 4.82. The minimum atomic E-state index is -0.653. The van der Waals surface area contributed by atoms with E-state index >= 15 is 0 Å². The van der Waals surface area contributed by atoms with Gasteiger partial charge in [-0.25, -0.2) is 4.79 Å². The fourth-order valence-electron chi connectivity index (χ4n) is 2.66. The van der Waals surface area contributed by atoms with Crippen molar-refractivity contribution in [3.8, 4) is 11.5 Å². The predicted molar refractivity (Wildman–Crippen MR) is 100 cm³/mol. The zero-order chi connectivity index (χ0) is 19.8. The Balaban J connectivity index is 1.79. The third kappa shape index (κ3) is 6.14. The Bertz CT molecular complexity index is 690. The van der Waals surface area contributed by atoms with Gasteiger partial charge in [-0.3, -0.25) is 19.8 Å². The van der Waals surface area contributed by atoms with Crippen LogP contribution in [0.5, 0.6) is 11.5 Å². The summed E-state index contributed by atoms with van der Waals surface area (Å²) >= 11 is 0. The number of rotatable bonds is 7. The molecule has 0 aromatic heterocycles. The summed E-state index contributed by atoms with van der Waals surface area (Å²) in [5.41, 5.74) is 0.481. The number of likely N-dealkylation sites (N-methyl/N-ethyl adjacent to an activating group) is 2. The number of carbonyl (C=O) groups excluding carboxylic acids is 3. The molecule has 4 amide bonds. The van der Waals surface area contributed by atoms with Crippen LogP contribution < -0.4 is 20.1 Å². The molecule has 0 aliphatic carbocycles. The van der Waals surface area contributed by atoms with Gasteiger partial charge in [0.1, 0.15) is 13.2 Å². The monoisotopic (exact) mass is 378 g/mol. The number of fused-ring (bicyclic) bond motifs is 1. The highest BCUT2D eigenvalue weighted by Crippen LogP contribution is 2.32. The van der Waals surface area contributed by atoms with Crippen LogP contribution in [0.3, 0.4) is 0 Å². The van der Waals surface area contributed by atoms with E-state index in [9.17, 15) is 14.4 Å². The fraction of sp³-hybridized carbons (Fsp3) is 0.500. The van der Waals surface area contributed by atoms with Crippen LogP contribution in [-0.2, 0) is 9.59 Å². The lowest BCUT2D eigenvalue weighted by molar-refractivity contribution is -0.132. The molecule has 0 unspecified atom stereocenters. The molecule has 0 fully saturated rings. The Kier molecular flexibility index (Phi) is 7.42. The summed E-state index contributed by atoms with van der Waals surface area (Å²) in [5.74, 6) is 0.596. The van der Waals surface area contributed by atoms with Gasteiger partial charge in [0.2, 0.25) is 11.8 Å². The average molecular weight is 378 g/mol. The second kappa shape index (κ2) is 9.77. The van der Waals surface area contributed by atoms with Crippen LogP contribution in [0.15, 0.2) is 18.2 Å². The molecule has 1 aromatic rings. The molecule has 0 radical (unpaired) electrons. The number of imide groups is 1. The number of hydrogen-bond acceptors (Lipinski definition) is 6. The van der Waals surface area contributed by atoms with Gasteiger partial charge < -0.3 is 19.7 Å². The van der Waals surface area contributed by atoms with Crippen molar-refractivity contribution in [3.05, 3.63) is 18.2 Å². The lowest BCUT2D eigenvalue weighted by Crippen LogP contribution is -2.44. The smallest absolute Gasteiger partial charge is 0.325 e. The van der Waals surface area contributed by atoms with Gasteiger partial charge >= 0.3 is 6.03 Å². The van der Waals surface area contributed by atoms with E-state index in [0.717, 1.165) is 0 Å². The van der Waals surface area contributed by atoms with E-state index in [0.29, 0.717) is 43.5 Å². The first-order valence-corrected chi connectivity index (χ1v) is 8.89. The van der Waals surface area contributed by atoms with Crippen molar-refractivity contribution in [1.82, 2.24) is 15.1 Å². The lowest BCUT2D eigenvalue weighted by Gasteiger charge is -2.22. The van der Waals surface area contributed by atoms with Gasteiger partial charge in [-0.05, 0) is 33.0 Å². The third-order valence-electron chi connectivity index (χ3n) is 3.99. The van der Waals surface area contributed by atoms with Crippen LogP contribution in [0.2, 0.25) is 0 Å². The minimum absolute atomic E-state index is 0.0592. The molecule has 2 rings (SSSR count). The molecular formula is C18H26N4O5. The highest BCUT2D eigenvalue weighted by Gasteiger charge is 2.17. The topological polar surface area (TPSA) is 100 Å². The normalized spacial score (nSPS) is 12.4. The number of hydrogen-bond donors (Lipinski definition) is 2. The van der Waals surface area contributed by atoms with E-state index < -0.39 is 11.9 Å². The summed E-state index contributed by atoms with van der Waals surface area (Å²) < 4.78 is 10.9. The fourth-order valence-corrected chi connectivity index (χ4v) is 2.66. The van der Waals surface area contributed by atoms with E-state index in [1.165, 1.54) is 0 Å². The van der Waals surface area contributed by atoms with Gasteiger partial charge in [-0.2, -0.15) is 0 Å². The quantitative estimate of drug-likeness (QED) is 0.731. The first-order valence-electron chi connectivity index (χ1n) is 8.89. The molecule has 9 nitrogen and oxygen atoms in total. The van der Waals surface area contributed by atoms with Crippen LogP contribution in [0.25, 0.3) is 0 Å². The maximum atomic E-state index is 12.0. The number of anilines is 1. The second-order valence-electron chi connectivity index (χ2n) is 6.10. The van der Waals surface area contributed by atoms with Crippen molar-refractivity contribution in [2.45, 2.75) is 13.8 Å². The van der Waals surface area contributed by atoms with E-state index in [1.54, 1.807) is 35.0 Å². The van der Waals surface area contributed by atoms with Crippen molar-refractivity contribution in [1.29, 1.82) is 0 Å². The molecule has 1 aliphatic rings. The molecule has 0 bridgehead atoms. The minimum Gasteiger partial charge on any atom is -0.486 e. The van der Waals surface area contributed by atoms with E-state index in [-0.39, 0.29) is 19.0 Å².